The molecule has 0 saturated carbocycles. The van der Waals surface area contributed by atoms with Crippen molar-refractivity contribution in [3.8, 4) is 0 Å². The topological polar surface area (TPSA) is 51.0 Å². The molecule has 0 amide bonds. The number of dihydropyridines is 1. The Balaban J connectivity index is 3.00. The summed E-state index contributed by atoms with van der Waals surface area (Å²) in [4.78, 5) is 4.14. The molecule has 0 bridgehead atoms. The van der Waals surface area contributed by atoms with Crippen LogP contribution in [0.25, 0.3) is 0 Å². The minimum atomic E-state index is -1.13. The number of ether oxygens (including phenoxy) is 2. The van der Waals surface area contributed by atoms with Crippen LogP contribution in [0.2, 0.25) is 0 Å². The summed E-state index contributed by atoms with van der Waals surface area (Å²) in [7, 11) is 3.03. The van der Waals surface area contributed by atoms with Gasteiger partial charge in [0.15, 0.2) is 11.3 Å². The average Bonchev–Trinajstić information content (AvgIpc) is 2.10. The molecule has 0 radical (unpaired) electrons. The van der Waals surface area contributed by atoms with Gasteiger partial charge >= 0.3 is 0 Å². The lowest BCUT2D eigenvalue weighted by molar-refractivity contribution is 0.0418. The van der Waals surface area contributed by atoms with Crippen molar-refractivity contribution < 1.29 is 14.6 Å². The van der Waals surface area contributed by atoms with Gasteiger partial charge in [-0.25, -0.2) is 4.99 Å². The molecule has 1 aliphatic heterocycles. The fourth-order valence-electron chi connectivity index (χ4n) is 1.11. The lowest BCUT2D eigenvalue weighted by Gasteiger charge is -2.30. The van der Waals surface area contributed by atoms with Crippen LogP contribution >= 0.6 is 0 Å². The predicted octanol–water partition coefficient (Wildman–Crippen LogP) is 0.715. The summed E-state index contributed by atoms with van der Waals surface area (Å²) >= 11 is 0. The normalized spacial score (nSPS) is 38.7. The Morgan fingerprint density at radius 3 is 2.38 bits per heavy atom. The molecule has 0 aromatic heterocycles. The smallest absolute Gasteiger partial charge is 0.222 e. The molecular formula is C9H15NO3. The van der Waals surface area contributed by atoms with Crippen molar-refractivity contribution in [3.05, 3.63) is 12.2 Å². The highest BCUT2D eigenvalue weighted by Crippen LogP contribution is 2.24. The highest BCUT2D eigenvalue weighted by molar-refractivity contribution is 5.88. The van der Waals surface area contributed by atoms with Crippen LogP contribution in [0.4, 0.5) is 0 Å². The van der Waals surface area contributed by atoms with E-state index in [0.29, 0.717) is 0 Å². The first kappa shape index (κ1) is 10.2. The second-order valence-corrected chi connectivity index (χ2v) is 3.36. The predicted molar refractivity (Wildman–Crippen MR) is 49.6 cm³/mol. The van der Waals surface area contributed by atoms with Gasteiger partial charge in [0.25, 0.3) is 0 Å². The molecule has 0 aromatic rings. The Morgan fingerprint density at radius 1 is 1.31 bits per heavy atom. The van der Waals surface area contributed by atoms with E-state index in [0.717, 1.165) is 0 Å². The van der Waals surface area contributed by atoms with Crippen LogP contribution < -0.4 is 0 Å². The van der Waals surface area contributed by atoms with Crippen molar-refractivity contribution in [2.75, 3.05) is 14.2 Å². The van der Waals surface area contributed by atoms with Gasteiger partial charge in [-0.15, -0.1) is 0 Å². The third kappa shape index (κ3) is 1.89. The number of aliphatic hydroxyl groups is 1. The first-order valence-corrected chi connectivity index (χ1v) is 4.06. The molecule has 1 heterocycles. The Morgan fingerprint density at radius 2 is 1.92 bits per heavy atom. The molecule has 1 rings (SSSR count). The van der Waals surface area contributed by atoms with Gasteiger partial charge in [0, 0.05) is 7.11 Å². The third-order valence-corrected chi connectivity index (χ3v) is 2.08. The number of nitrogens with zero attached hydrogens (tertiary/aromatic N) is 1. The second kappa shape index (κ2) is 3.12. The van der Waals surface area contributed by atoms with Crippen molar-refractivity contribution >= 4 is 5.90 Å². The number of rotatable bonds is 1. The number of hydrogen-bond donors (Lipinski definition) is 1. The standard InChI is InChI=1S/C9H15NO3/c1-8(11)5-6-9(2,13-4)10-7(8)12-3/h5-6,11H,1-4H3. The zero-order valence-corrected chi connectivity index (χ0v) is 8.37. The molecule has 0 fully saturated rings. The highest BCUT2D eigenvalue weighted by atomic mass is 16.5. The van der Waals surface area contributed by atoms with Crippen LogP contribution in [0.15, 0.2) is 17.1 Å². The molecule has 0 spiro atoms. The van der Waals surface area contributed by atoms with Gasteiger partial charge in [0.2, 0.25) is 5.90 Å². The van der Waals surface area contributed by atoms with Crippen molar-refractivity contribution in [2.24, 2.45) is 4.99 Å². The van der Waals surface area contributed by atoms with Gasteiger partial charge in [-0.2, -0.15) is 0 Å². The fourth-order valence-corrected chi connectivity index (χ4v) is 1.11. The summed E-state index contributed by atoms with van der Waals surface area (Å²) in [5, 5.41) is 9.76. The Labute approximate surface area is 77.9 Å². The molecule has 0 aromatic carbocycles. The third-order valence-electron chi connectivity index (χ3n) is 2.08. The van der Waals surface area contributed by atoms with E-state index in [1.165, 1.54) is 7.11 Å². The van der Waals surface area contributed by atoms with Crippen LogP contribution in [-0.4, -0.2) is 36.5 Å². The van der Waals surface area contributed by atoms with Crippen molar-refractivity contribution in [1.82, 2.24) is 0 Å². The van der Waals surface area contributed by atoms with E-state index in [1.807, 2.05) is 0 Å². The lowest BCUT2D eigenvalue weighted by Crippen LogP contribution is -2.41. The van der Waals surface area contributed by atoms with E-state index < -0.39 is 11.3 Å². The van der Waals surface area contributed by atoms with Crippen LogP contribution in [0.5, 0.6) is 0 Å². The summed E-state index contributed by atoms with van der Waals surface area (Å²) in [6.07, 6.45) is 3.32. The molecule has 4 heteroatoms. The summed E-state index contributed by atoms with van der Waals surface area (Å²) in [5.74, 6) is 0.263. The second-order valence-electron chi connectivity index (χ2n) is 3.36. The monoisotopic (exact) mass is 185 g/mol. The van der Waals surface area contributed by atoms with Crippen molar-refractivity contribution in [2.45, 2.75) is 25.2 Å². The summed E-state index contributed by atoms with van der Waals surface area (Å²) < 4.78 is 10.1. The summed E-state index contributed by atoms with van der Waals surface area (Å²) in [6.45, 7) is 3.40. The Kier molecular flexibility index (Phi) is 2.45. The molecule has 13 heavy (non-hydrogen) atoms. The molecule has 1 N–H and O–H groups in total. The summed E-state index contributed by atoms with van der Waals surface area (Å²) in [6, 6.07) is 0. The molecule has 4 nitrogen and oxygen atoms in total. The maximum absolute atomic E-state index is 9.76. The Hall–Kier alpha value is -0.870. The molecule has 2 unspecified atom stereocenters. The van der Waals surface area contributed by atoms with Crippen molar-refractivity contribution in [1.29, 1.82) is 0 Å². The average molecular weight is 185 g/mol. The van der Waals surface area contributed by atoms with E-state index >= 15 is 0 Å². The minimum absolute atomic E-state index is 0.263. The van der Waals surface area contributed by atoms with Gasteiger partial charge in [-0.3, -0.25) is 0 Å². The first-order chi connectivity index (χ1) is 5.93. The Bertz CT molecular complexity index is 258. The van der Waals surface area contributed by atoms with Gasteiger partial charge in [0.1, 0.15) is 0 Å². The van der Waals surface area contributed by atoms with Gasteiger partial charge in [-0.1, -0.05) is 0 Å². The first-order valence-electron chi connectivity index (χ1n) is 4.06. The van der Waals surface area contributed by atoms with E-state index in [1.54, 1.807) is 33.1 Å². The van der Waals surface area contributed by atoms with Crippen molar-refractivity contribution in [3.63, 3.8) is 0 Å². The fraction of sp³-hybridized carbons (Fsp3) is 0.667. The van der Waals surface area contributed by atoms with Crippen LogP contribution in [-0.2, 0) is 9.47 Å². The van der Waals surface area contributed by atoms with Crippen LogP contribution in [0.1, 0.15) is 13.8 Å². The maximum atomic E-state index is 9.76. The SMILES string of the molecule is COC1=NC(C)(OC)C=CC1(C)O. The van der Waals surface area contributed by atoms with Gasteiger partial charge < -0.3 is 14.6 Å². The largest absolute Gasteiger partial charge is 0.482 e. The molecule has 74 valence electrons. The van der Waals surface area contributed by atoms with Crippen LogP contribution in [0.3, 0.4) is 0 Å². The number of aliphatic imine (C=N–C) groups is 1. The quantitative estimate of drug-likeness (QED) is 0.612. The number of methoxy groups -OCH3 is 2. The summed E-state index contributed by atoms with van der Waals surface area (Å²) in [5.41, 5.74) is -1.86. The molecule has 1 aliphatic rings. The molecule has 2 atom stereocenters. The van der Waals surface area contributed by atoms with Gasteiger partial charge in [-0.05, 0) is 26.0 Å². The number of hydrogen-bond acceptors (Lipinski definition) is 4. The zero-order valence-electron chi connectivity index (χ0n) is 8.37. The molecule has 0 aliphatic carbocycles. The molecule has 0 saturated heterocycles. The molecular weight excluding hydrogens is 170 g/mol. The van der Waals surface area contributed by atoms with E-state index in [2.05, 4.69) is 4.99 Å². The van der Waals surface area contributed by atoms with E-state index in [4.69, 9.17) is 9.47 Å². The minimum Gasteiger partial charge on any atom is -0.482 e. The zero-order chi connectivity index (χ0) is 10.1. The lowest BCUT2D eigenvalue weighted by atomic mass is 10.0. The van der Waals surface area contributed by atoms with Gasteiger partial charge in [0.05, 0.1) is 7.11 Å². The maximum Gasteiger partial charge on any atom is 0.222 e. The van der Waals surface area contributed by atoms with E-state index in [9.17, 15) is 5.11 Å². The van der Waals surface area contributed by atoms with Crippen LogP contribution in [0, 0.1) is 0 Å². The van der Waals surface area contributed by atoms with E-state index in [-0.39, 0.29) is 5.90 Å². The highest BCUT2D eigenvalue weighted by Gasteiger charge is 2.35.